The highest BCUT2D eigenvalue weighted by molar-refractivity contribution is 5.94. The van der Waals surface area contributed by atoms with Crippen molar-refractivity contribution >= 4 is 11.9 Å². The SMILES string of the molecule is CC(=O)c1ccc(C)c(C=CCC#N)c1. The van der Waals surface area contributed by atoms with Gasteiger partial charge in [-0.2, -0.15) is 5.26 Å². The number of carbonyl (C=O) groups excluding carboxylic acids is 1. The van der Waals surface area contributed by atoms with Crippen LogP contribution >= 0.6 is 0 Å². The largest absolute Gasteiger partial charge is 0.295 e. The first-order valence-electron chi connectivity index (χ1n) is 4.80. The molecule has 0 aliphatic heterocycles. The lowest BCUT2D eigenvalue weighted by molar-refractivity contribution is 0.101. The van der Waals surface area contributed by atoms with Crippen molar-refractivity contribution in [1.29, 1.82) is 5.26 Å². The van der Waals surface area contributed by atoms with Crippen LogP contribution in [0.5, 0.6) is 0 Å². The molecule has 0 atom stereocenters. The zero-order chi connectivity index (χ0) is 11.3. The van der Waals surface area contributed by atoms with Crippen LogP contribution in [0.15, 0.2) is 24.3 Å². The molecule has 0 radical (unpaired) electrons. The summed E-state index contributed by atoms with van der Waals surface area (Å²) < 4.78 is 0. The Balaban J connectivity index is 3.01. The average molecular weight is 199 g/mol. The molecule has 0 N–H and O–H groups in total. The third-order valence-electron chi connectivity index (χ3n) is 2.19. The summed E-state index contributed by atoms with van der Waals surface area (Å²) in [5.41, 5.74) is 2.81. The quantitative estimate of drug-likeness (QED) is 0.702. The molecule has 1 aromatic carbocycles. The first kappa shape index (κ1) is 11.2. The molecule has 0 aliphatic rings. The van der Waals surface area contributed by atoms with E-state index >= 15 is 0 Å². The van der Waals surface area contributed by atoms with Gasteiger partial charge in [0.2, 0.25) is 0 Å². The summed E-state index contributed by atoms with van der Waals surface area (Å²) in [5, 5.41) is 8.40. The molecular weight excluding hydrogens is 186 g/mol. The van der Waals surface area contributed by atoms with Crippen molar-refractivity contribution in [1.82, 2.24) is 0 Å². The maximum Gasteiger partial charge on any atom is 0.159 e. The fourth-order valence-corrected chi connectivity index (χ4v) is 1.28. The first-order valence-corrected chi connectivity index (χ1v) is 4.80. The predicted octanol–water partition coefficient (Wildman–Crippen LogP) is 3.12. The number of allylic oxidation sites excluding steroid dienone is 1. The van der Waals surface area contributed by atoms with Crippen LogP contribution in [-0.2, 0) is 0 Å². The summed E-state index contributed by atoms with van der Waals surface area (Å²) in [6, 6.07) is 7.63. The minimum absolute atomic E-state index is 0.0601. The predicted molar refractivity (Wildman–Crippen MR) is 60.4 cm³/mol. The molecule has 0 heterocycles. The number of benzene rings is 1. The van der Waals surface area contributed by atoms with E-state index in [-0.39, 0.29) is 5.78 Å². The summed E-state index contributed by atoms with van der Waals surface area (Å²) in [4.78, 5) is 11.2. The van der Waals surface area contributed by atoms with E-state index in [0.717, 1.165) is 11.1 Å². The van der Waals surface area contributed by atoms with Gasteiger partial charge in [0.15, 0.2) is 5.78 Å². The molecule has 2 nitrogen and oxygen atoms in total. The maximum absolute atomic E-state index is 11.2. The second-order valence-electron chi connectivity index (χ2n) is 3.39. The van der Waals surface area contributed by atoms with Gasteiger partial charge in [-0.05, 0) is 31.0 Å². The van der Waals surface area contributed by atoms with Crippen LogP contribution in [0.25, 0.3) is 6.08 Å². The Morgan fingerprint density at radius 1 is 1.53 bits per heavy atom. The molecule has 0 saturated carbocycles. The number of rotatable bonds is 3. The van der Waals surface area contributed by atoms with Gasteiger partial charge >= 0.3 is 0 Å². The van der Waals surface area contributed by atoms with Crippen molar-refractivity contribution < 1.29 is 4.79 Å². The molecule has 76 valence electrons. The fraction of sp³-hybridized carbons (Fsp3) is 0.231. The summed E-state index contributed by atoms with van der Waals surface area (Å²) in [6.45, 7) is 3.53. The highest BCUT2D eigenvalue weighted by Crippen LogP contribution is 2.13. The Morgan fingerprint density at radius 3 is 2.87 bits per heavy atom. The zero-order valence-corrected chi connectivity index (χ0v) is 8.95. The summed E-state index contributed by atoms with van der Waals surface area (Å²) in [7, 11) is 0. The van der Waals surface area contributed by atoms with Gasteiger partial charge in [-0.25, -0.2) is 0 Å². The fourth-order valence-electron chi connectivity index (χ4n) is 1.28. The van der Waals surface area contributed by atoms with Gasteiger partial charge in [0.25, 0.3) is 0 Å². The van der Waals surface area contributed by atoms with E-state index < -0.39 is 0 Å². The van der Waals surface area contributed by atoms with Crippen molar-refractivity contribution in [3.8, 4) is 6.07 Å². The molecule has 0 aliphatic carbocycles. The Morgan fingerprint density at radius 2 is 2.27 bits per heavy atom. The molecule has 0 amide bonds. The minimum Gasteiger partial charge on any atom is -0.295 e. The lowest BCUT2D eigenvalue weighted by atomic mass is 10.0. The van der Waals surface area contributed by atoms with Crippen LogP contribution in [0.2, 0.25) is 0 Å². The lowest BCUT2D eigenvalue weighted by Gasteiger charge is -2.02. The van der Waals surface area contributed by atoms with Crippen LogP contribution < -0.4 is 0 Å². The molecule has 15 heavy (non-hydrogen) atoms. The van der Waals surface area contributed by atoms with Crippen LogP contribution in [0.1, 0.15) is 34.8 Å². The molecule has 0 spiro atoms. The molecule has 0 saturated heterocycles. The van der Waals surface area contributed by atoms with Crippen molar-refractivity contribution in [2.75, 3.05) is 0 Å². The number of hydrogen-bond acceptors (Lipinski definition) is 2. The van der Waals surface area contributed by atoms with Gasteiger partial charge in [-0.3, -0.25) is 4.79 Å². The normalized spacial score (nSPS) is 10.2. The average Bonchev–Trinajstić information content (AvgIpc) is 2.20. The second kappa shape index (κ2) is 5.11. The van der Waals surface area contributed by atoms with Gasteiger partial charge in [-0.15, -0.1) is 0 Å². The van der Waals surface area contributed by atoms with E-state index in [2.05, 4.69) is 0 Å². The molecule has 0 unspecified atom stereocenters. The number of aryl methyl sites for hydroxylation is 1. The summed E-state index contributed by atoms with van der Waals surface area (Å²) in [6.07, 6.45) is 4.07. The third-order valence-corrected chi connectivity index (χ3v) is 2.19. The van der Waals surface area contributed by atoms with Gasteiger partial charge in [-0.1, -0.05) is 24.3 Å². The molecule has 2 heteroatoms. The Kier molecular flexibility index (Phi) is 3.82. The Hall–Kier alpha value is -1.88. The zero-order valence-electron chi connectivity index (χ0n) is 8.95. The third kappa shape index (κ3) is 3.07. The topological polar surface area (TPSA) is 40.9 Å². The molecule has 1 rings (SSSR count). The number of nitriles is 1. The molecular formula is C13H13NO. The van der Waals surface area contributed by atoms with E-state index in [1.165, 1.54) is 0 Å². The van der Waals surface area contributed by atoms with Crippen molar-refractivity contribution in [2.24, 2.45) is 0 Å². The maximum atomic E-state index is 11.2. The van der Waals surface area contributed by atoms with Crippen LogP contribution in [0, 0.1) is 18.3 Å². The molecule has 1 aromatic rings. The molecule has 0 fully saturated rings. The van der Waals surface area contributed by atoms with Crippen molar-refractivity contribution in [3.05, 3.63) is 41.0 Å². The Labute approximate surface area is 89.9 Å². The standard InChI is InChI=1S/C13H13NO/c1-10-6-7-13(11(2)15)9-12(10)5-3-4-8-14/h3,5-7,9H,4H2,1-2H3. The number of carbonyl (C=O) groups is 1. The molecule has 0 bridgehead atoms. The van der Waals surface area contributed by atoms with Gasteiger partial charge in [0, 0.05) is 5.56 Å². The number of hydrogen-bond donors (Lipinski definition) is 0. The van der Waals surface area contributed by atoms with Crippen LogP contribution in [0.4, 0.5) is 0 Å². The van der Waals surface area contributed by atoms with E-state index in [0.29, 0.717) is 12.0 Å². The number of ketones is 1. The van der Waals surface area contributed by atoms with E-state index in [4.69, 9.17) is 5.26 Å². The van der Waals surface area contributed by atoms with E-state index in [1.807, 2.05) is 37.3 Å². The van der Waals surface area contributed by atoms with Crippen molar-refractivity contribution in [3.63, 3.8) is 0 Å². The molecule has 0 aromatic heterocycles. The second-order valence-corrected chi connectivity index (χ2v) is 3.39. The smallest absolute Gasteiger partial charge is 0.159 e. The lowest BCUT2D eigenvalue weighted by Crippen LogP contribution is -1.93. The number of nitrogens with zero attached hydrogens (tertiary/aromatic N) is 1. The van der Waals surface area contributed by atoms with Gasteiger partial charge in [0.05, 0.1) is 12.5 Å². The van der Waals surface area contributed by atoms with Crippen LogP contribution in [0.3, 0.4) is 0 Å². The van der Waals surface area contributed by atoms with Gasteiger partial charge in [0.1, 0.15) is 0 Å². The Bertz CT molecular complexity index is 438. The monoisotopic (exact) mass is 199 g/mol. The van der Waals surface area contributed by atoms with Gasteiger partial charge < -0.3 is 0 Å². The van der Waals surface area contributed by atoms with E-state index in [1.54, 1.807) is 13.0 Å². The van der Waals surface area contributed by atoms with E-state index in [9.17, 15) is 4.79 Å². The minimum atomic E-state index is 0.0601. The highest BCUT2D eigenvalue weighted by atomic mass is 16.1. The number of Topliss-reactive ketones (excluding diaryl/α,β-unsaturated/α-hetero) is 1. The highest BCUT2D eigenvalue weighted by Gasteiger charge is 2.01. The van der Waals surface area contributed by atoms with Crippen molar-refractivity contribution in [2.45, 2.75) is 20.3 Å². The van der Waals surface area contributed by atoms with Crippen LogP contribution in [-0.4, -0.2) is 5.78 Å². The summed E-state index contributed by atoms with van der Waals surface area (Å²) in [5.74, 6) is 0.0601. The first-order chi connectivity index (χ1) is 7.15. The summed E-state index contributed by atoms with van der Waals surface area (Å²) >= 11 is 0.